The summed E-state index contributed by atoms with van der Waals surface area (Å²) >= 11 is 3.21. The van der Waals surface area contributed by atoms with Crippen molar-refractivity contribution in [3.63, 3.8) is 0 Å². The summed E-state index contributed by atoms with van der Waals surface area (Å²) in [4.78, 5) is 0. The van der Waals surface area contributed by atoms with Crippen LogP contribution in [-0.2, 0) is 6.42 Å². The molecule has 0 aliphatic carbocycles. The highest BCUT2D eigenvalue weighted by atomic mass is 79.9. The lowest BCUT2D eigenvalue weighted by atomic mass is 9.98. The second kappa shape index (κ2) is 7.71. The van der Waals surface area contributed by atoms with Crippen LogP contribution in [0.25, 0.3) is 0 Å². The van der Waals surface area contributed by atoms with Gasteiger partial charge in [0.2, 0.25) is 0 Å². The van der Waals surface area contributed by atoms with Crippen LogP contribution in [0.2, 0.25) is 0 Å². The minimum Gasteiger partial charge on any atom is -0.310 e. The van der Waals surface area contributed by atoms with Gasteiger partial charge in [-0.1, -0.05) is 42.8 Å². The van der Waals surface area contributed by atoms with Crippen molar-refractivity contribution in [1.82, 2.24) is 5.32 Å². The van der Waals surface area contributed by atoms with Crippen LogP contribution in [0.4, 0.5) is 4.39 Å². The molecular formula is C18H21BrFN. The molecule has 2 aromatic carbocycles. The van der Waals surface area contributed by atoms with Gasteiger partial charge in [-0.05, 0) is 65.5 Å². The molecule has 0 saturated carbocycles. The average Bonchev–Trinajstić information content (AvgIpc) is 2.48. The highest BCUT2D eigenvalue weighted by Gasteiger charge is 2.13. The van der Waals surface area contributed by atoms with E-state index in [1.165, 1.54) is 11.1 Å². The van der Waals surface area contributed by atoms with E-state index < -0.39 is 0 Å². The smallest absolute Gasteiger partial charge is 0.137 e. The zero-order valence-corrected chi connectivity index (χ0v) is 14.1. The Kier molecular flexibility index (Phi) is 5.95. The van der Waals surface area contributed by atoms with Gasteiger partial charge in [-0.2, -0.15) is 0 Å². The molecule has 0 fully saturated rings. The topological polar surface area (TPSA) is 12.0 Å². The van der Waals surface area contributed by atoms with Crippen LogP contribution >= 0.6 is 15.9 Å². The average molecular weight is 350 g/mol. The molecule has 0 spiro atoms. The molecule has 0 radical (unpaired) electrons. The van der Waals surface area contributed by atoms with E-state index in [1.54, 1.807) is 12.1 Å². The first kappa shape index (κ1) is 16.2. The van der Waals surface area contributed by atoms with Crippen molar-refractivity contribution in [3.8, 4) is 0 Å². The number of hydrogen-bond donors (Lipinski definition) is 1. The van der Waals surface area contributed by atoms with Crippen LogP contribution in [0.1, 0.15) is 36.1 Å². The van der Waals surface area contributed by atoms with Crippen molar-refractivity contribution in [2.45, 2.75) is 32.7 Å². The third-order valence-electron chi connectivity index (χ3n) is 3.55. The van der Waals surface area contributed by atoms with Gasteiger partial charge in [0, 0.05) is 6.04 Å². The van der Waals surface area contributed by atoms with Crippen LogP contribution in [-0.4, -0.2) is 6.54 Å². The predicted molar refractivity (Wildman–Crippen MR) is 90.0 cm³/mol. The van der Waals surface area contributed by atoms with Gasteiger partial charge < -0.3 is 5.32 Å². The second-order valence-corrected chi connectivity index (χ2v) is 6.22. The lowest BCUT2D eigenvalue weighted by molar-refractivity contribution is 0.523. The monoisotopic (exact) mass is 349 g/mol. The first-order chi connectivity index (χ1) is 10.1. The summed E-state index contributed by atoms with van der Waals surface area (Å²) < 4.78 is 14.3. The highest BCUT2D eigenvalue weighted by Crippen LogP contribution is 2.23. The molecule has 0 saturated heterocycles. The number of aryl methyl sites for hydroxylation is 1. The fraction of sp³-hybridized carbons (Fsp3) is 0.333. The Morgan fingerprint density at radius 2 is 1.86 bits per heavy atom. The Labute approximate surface area is 134 Å². The summed E-state index contributed by atoms with van der Waals surface area (Å²) in [7, 11) is 0. The second-order valence-electron chi connectivity index (χ2n) is 5.37. The SMILES string of the molecule is CCCNC(Cc1ccc(C)cc1)c1ccc(Br)c(F)c1. The van der Waals surface area contributed by atoms with E-state index in [0.717, 1.165) is 24.9 Å². The molecule has 1 unspecified atom stereocenters. The predicted octanol–water partition coefficient (Wildman–Crippen LogP) is 5.18. The van der Waals surface area contributed by atoms with E-state index in [0.29, 0.717) is 4.47 Å². The standard InChI is InChI=1S/C18H21BrFN/c1-3-10-21-18(11-14-6-4-13(2)5-7-14)15-8-9-16(19)17(20)12-15/h4-9,12,18,21H,3,10-11H2,1-2H3. The maximum absolute atomic E-state index is 13.8. The van der Waals surface area contributed by atoms with E-state index in [-0.39, 0.29) is 11.9 Å². The summed E-state index contributed by atoms with van der Waals surface area (Å²) in [5, 5.41) is 3.51. The lowest BCUT2D eigenvalue weighted by Gasteiger charge is -2.19. The zero-order valence-electron chi connectivity index (χ0n) is 12.5. The maximum atomic E-state index is 13.8. The highest BCUT2D eigenvalue weighted by molar-refractivity contribution is 9.10. The van der Waals surface area contributed by atoms with Gasteiger partial charge in [-0.25, -0.2) is 4.39 Å². The molecule has 2 rings (SSSR count). The molecule has 0 heterocycles. The van der Waals surface area contributed by atoms with E-state index in [1.807, 2.05) is 6.07 Å². The van der Waals surface area contributed by atoms with Gasteiger partial charge in [-0.15, -0.1) is 0 Å². The summed E-state index contributed by atoms with van der Waals surface area (Å²) in [5.41, 5.74) is 3.51. The Balaban J connectivity index is 2.20. The van der Waals surface area contributed by atoms with E-state index in [2.05, 4.69) is 59.4 Å². The number of benzene rings is 2. The zero-order chi connectivity index (χ0) is 15.2. The third kappa shape index (κ3) is 4.65. The normalized spacial score (nSPS) is 12.4. The van der Waals surface area contributed by atoms with Gasteiger partial charge in [0.1, 0.15) is 5.82 Å². The summed E-state index contributed by atoms with van der Waals surface area (Å²) in [5.74, 6) is -0.209. The lowest BCUT2D eigenvalue weighted by Crippen LogP contribution is -2.24. The van der Waals surface area contributed by atoms with E-state index in [4.69, 9.17) is 0 Å². The van der Waals surface area contributed by atoms with Gasteiger partial charge in [0.15, 0.2) is 0 Å². The molecule has 0 aliphatic heterocycles. The van der Waals surface area contributed by atoms with Gasteiger partial charge in [-0.3, -0.25) is 0 Å². The fourth-order valence-corrected chi connectivity index (χ4v) is 2.56. The molecule has 0 aliphatic rings. The van der Waals surface area contributed by atoms with Crippen LogP contribution in [0.5, 0.6) is 0 Å². The molecule has 0 aromatic heterocycles. The van der Waals surface area contributed by atoms with Gasteiger partial charge >= 0.3 is 0 Å². The molecule has 1 atom stereocenters. The minimum absolute atomic E-state index is 0.134. The van der Waals surface area contributed by atoms with Crippen molar-refractivity contribution in [2.24, 2.45) is 0 Å². The van der Waals surface area contributed by atoms with Crippen LogP contribution in [0.15, 0.2) is 46.9 Å². The number of halogens is 2. The Morgan fingerprint density at radius 1 is 1.14 bits per heavy atom. The van der Waals surface area contributed by atoms with Gasteiger partial charge in [0.25, 0.3) is 0 Å². The molecule has 1 N–H and O–H groups in total. The third-order valence-corrected chi connectivity index (χ3v) is 4.19. The first-order valence-corrected chi connectivity index (χ1v) is 8.13. The Morgan fingerprint density at radius 3 is 2.48 bits per heavy atom. The summed E-state index contributed by atoms with van der Waals surface area (Å²) in [6.07, 6.45) is 1.92. The van der Waals surface area contributed by atoms with Crippen LogP contribution in [0.3, 0.4) is 0 Å². The molecule has 21 heavy (non-hydrogen) atoms. The summed E-state index contributed by atoms with van der Waals surface area (Å²) in [6.45, 7) is 5.15. The van der Waals surface area contributed by atoms with E-state index >= 15 is 0 Å². The maximum Gasteiger partial charge on any atom is 0.137 e. The summed E-state index contributed by atoms with van der Waals surface area (Å²) in [6, 6.07) is 14.0. The van der Waals surface area contributed by atoms with Crippen LogP contribution in [0, 0.1) is 12.7 Å². The first-order valence-electron chi connectivity index (χ1n) is 7.34. The molecular weight excluding hydrogens is 329 g/mol. The number of hydrogen-bond acceptors (Lipinski definition) is 1. The van der Waals surface area contributed by atoms with Crippen molar-refractivity contribution < 1.29 is 4.39 Å². The molecule has 1 nitrogen and oxygen atoms in total. The van der Waals surface area contributed by atoms with Gasteiger partial charge in [0.05, 0.1) is 4.47 Å². The Hall–Kier alpha value is -1.19. The number of nitrogens with one attached hydrogen (secondary N) is 1. The molecule has 0 amide bonds. The molecule has 2 aromatic rings. The number of rotatable bonds is 6. The minimum atomic E-state index is -0.209. The Bertz CT molecular complexity index is 580. The van der Waals surface area contributed by atoms with Crippen molar-refractivity contribution in [2.75, 3.05) is 6.54 Å². The molecule has 0 bridgehead atoms. The van der Waals surface area contributed by atoms with Crippen molar-refractivity contribution in [1.29, 1.82) is 0 Å². The fourth-order valence-electron chi connectivity index (χ4n) is 2.32. The van der Waals surface area contributed by atoms with Crippen molar-refractivity contribution >= 4 is 15.9 Å². The largest absolute Gasteiger partial charge is 0.310 e. The van der Waals surface area contributed by atoms with Crippen molar-refractivity contribution in [3.05, 3.63) is 69.4 Å². The van der Waals surface area contributed by atoms with E-state index in [9.17, 15) is 4.39 Å². The quantitative estimate of drug-likeness (QED) is 0.757. The van der Waals surface area contributed by atoms with Crippen LogP contribution < -0.4 is 5.32 Å². The molecule has 112 valence electrons. The molecule has 3 heteroatoms.